The van der Waals surface area contributed by atoms with Gasteiger partial charge in [0.25, 0.3) is 0 Å². The number of carbonyl (C=O) groups is 1. The number of pyridine rings is 1. The van der Waals surface area contributed by atoms with Gasteiger partial charge in [-0.3, -0.25) is 9.78 Å². The average molecular weight is 298 g/mol. The fraction of sp³-hybridized carbons (Fsp3) is 0.294. The zero-order valence-corrected chi connectivity index (χ0v) is 12.5. The molecule has 1 aromatic carbocycles. The number of methoxy groups -OCH3 is 1. The van der Waals surface area contributed by atoms with Gasteiger partial charge in [-0.05, 0) is 30.2 Å². The molecule has 0 unspecified atom stereocenters. The zero-order chi connectivity index (χ0) is 15.4. The fourth-order valence-electron chi connectivity index (χ4n) is 2.52. The Kier molecular flexibility index (Phi) is 4.23. The highest BCUT2D eigenvalue weighted by Gasteiger charge is 2.24. The van der Waals surface area contributed by atoms with Crippen LogP contribution < -0.4 is 14.4 Å². The first kappa shape index (κ1) is 14.4. The van der Waals surface area contributed by atoms with Gasteiger partial charge in [0.05, 0.1) is 19.3 Å². The summed E-state index contributed by atoms with van der Waals surface area (Å²) in [6.45, 7) is 1.07. The topological polar surface area (TPSA) is 51.7 Å². The summed E-state index contributed by atoms with van der Waals surface area (Å²) < 4.78 is 10.8. The first-order valence-electron chi connectivity index (χ1n) is 7.28. The van der Waals surface area contributed by atoms with Gasteiger partial charge in [-0.25, -0.2) is 0 Å². The molecule has 1 aromatic heterocycles. The van der Waals surface area contributed by atoms with Crippen molar-refractivity contribution in [1.82, 2.24) is 4.98 Å². The van der Waals surface area contributed by atoms with Gasteiger partial charge >= 0.3 is 0 Å². The lowest BCUT2D eigenvalue weighted by atomic mass is 10.1. The van der Waals surface area contributed by atoms with Crippen molar-refractivity contribution in [3.05, 3.63) is 48.3 Å². The van der Waals surface area contributed by atoms with Crippen molar-refractivity contribution in [2.75, 3.05) is 25.2 Å². The van der Waals surface area contributed by atoms with Gasteiger partial charge in [0.1, 0.15) is 18.1 Å². The van der Waals surface area contributed by atoms with Crippen LogP contribution in [0.4, 0.5) is 5.69 Å². The molecule has 1 amide bonds. The molecule has 0 N–H and O–H groups in total. The van der Waals surface area contributed by atoms with Crippen molar-refractivity contribution in [3.63, 3.8) is 0 Å². The third kappa shape index (κ3) is 3.03. The molecule has 3 rings (SSSR count). The van der Waals surface area contributed by atoms with Crippen LogP contribution in [-0.4, -0.2) is 31.2 Å². The SMILES string of the molecule is COc1ccc2c(c1)N(C(=O)CCc1cccnc1)CCO2. The van der Waals surface area contributed by atoms with Crippen LogP contribution in [0.5, 0.6) is 11.5 Å². The Morgan fingerprint density at radius 2 is 2.32 bits per heavy atom. The van der Waals surface area contributed by atoms with E-state index in [1.54, 1.807) is 24.4 Å². The van der Waals surface area contributed by atoms with Crippen LogP contribution in [0.2, 0.25) is 0 Å². The smallest absolute Gasteiger partial charge is 0.227 e. The van der Waals surface area contributed by atoms with Gasteiger partial charge in [0.15, 0.2) is 0 Å². The Morgan fingerprint density at radius 3 is 3.09 bits per heavy atom. The van der Waals surface area contributed by atoms with Gasteiger partial charge in [-0.15, -0.1) is 0 Å². The molecule has 5 nitrogen and oxygen atoms in total. The highest BCUT2D eigenvalue weighted by Crippen LogP contribution is 2.35. The Balaban J connectivity index is 1.74. The predicted octanol–water partition coefficient (Wildman–Crippen LogP) is 2.45. The Morgan fingerprint density at radius 1 is 1.41 bits per heavy atom. The van der Waals surface area contributed by atoms with Crippen LogP contribution in [-0.2, 0) is 11.2 Å². The molecule has 0 spiro atoms. The molecule has 0 saturated heterocycles. The molecular weight excluding hydrogens is 280 g/mol. The van der Waals surface area contributed by atoms with Crippen molar-refractivity contribution in [2.24, 2.45) is 0 Å². The van der Waals surface area contributed by atoms with E-state index in [0.29, 0.717) is 31.7 Å². The molecule has 22 heavy (non-hydrogen) atoms. The minimum atomic E-state index is 0.0849. The standard InChI is InChI=1S/C17H18N2O3/c1-21-14-5-6-16-15(11-14)19(9-10-22-16)17(20)7-4-13-3-2-8-18-12-13/h2-3,5-6,8,11-12H,4,7,9-10H2,1H3. The summed E-state index contributed by atoms with van der Waals surface area (Å²) >= 11 is 0. The first-order valence-corrected chi connectivity index (χ1v) is 7.28. The van der Waals surface area contributed by atoms with Gasteiger partial charge in [-0.2, -0.15) is 0 Å². The molecule has 2 heterocycles. The number of carbonyl (C=O) groups excluding carboxylic acids is 1. The van der Waals surface area contributed by atoms with Crippen molar-refractivity contribution in [3.8, 4) is 11.5 Å². The van der Waals surface area contributed by atoms with E-state index in [1.807, 2.05) is 30.3 Å². The number of fused-ring (bicyclic) bond motifs is 1. The summed E-state index contributed by atoms with van der Waals surface area (Å²) in [7, 11) is 1.61. The lowest BCUT2D eigenvalue weighted by molar-refractivity contribution is -0.118. The number of aryl methyl sites for hydroxylation is 1. The largest absolute Gasteiger partial charge is 0.497 e. The van der Waals surface area contributed by atoms with E-state index in [-0.39, 0.29) is 5.91 Å². The minimum absolute atomic E-state index is 0.0849. The minimum Gasteiger partial charge on any atom is -0.497 e. The second-order valence-electron chi connectivity index (χ2n) is 5.09. The normalized spacial score (nSPS) is 13.2. The van der Waals surface area contributed by atoms with Crippen LogP contribution in [0.1, 0.15) is 12.0 Å². The molecule has 0 atom stereocenters. The van der Waals surface area contributed by atoms with Gasteiger partial charge in [0.2, 0.25) is 5.91 Å². The first-order chi connectivity index (χ1) is 10.8. The van der Waals surface area contributed by atoms with Crippen molar-refractivity contribution in [1.29, 1.82) is 0 Å². The monoisotopic (exact) mass is 298 g/mol. The number of rotatable bonds is 4. The number of aromatic nitrogens is 1. The van der Waals surface area contributed by atoms with Crippen molar-refractivity contribution >= 4 is 11.6 Å². The molecule has 0 radical (unpaired) electrons. The molecule has 2 aromatic rings. The molecule has 0 fully saturated rings. The second-order valence-corrected chi connectivity index (χ2v) is 5.09. The molecule has 0 aliphatic carbocycles. The number of ether oxygens (including phenoxy) is 2. The number of benzene rings is 1. The predicted molar refractivity (Wildman–Crippen MR) is 83.4 cm³/mol. The third-order valence-electron chi connectivity index (χ3n) is 3.68. The summed E-state index contributed by atoms with van der Waals surface area (Å²) in [6.07, 6.45) is 4.66. The Bertz CT molecular complexity index is 658. The molecule has 1 aliphatic rings. The summed E-state index contributed by atoms with van der Waals surface area (Å²) in [6, 6.07) is 9.39. The molecule has 0 bridgehead atoms. The Labute approximate surface area is 129 Å². The Hall–Kier alpha value is -2.56. The van der Waals surface area contributed by atoms with Gasteiger partial charge in [0, 0.05) is 24.9 Å². The zero-order valence-electron chi connectivity index (χ0n) is 12.5. The molecule has 1 aliphatic heterocycles. The van der Waals surface area contributed by atoms with Crippen LogP contribution in [0.15, 0.2) is 42.7 Å². The summed E-state index contributed by atoms with van der Waals surface area (Å²) in [5, 5.41) is 0. The molecule has 5 heteroatoms. The fourth-order valence-corrected chi connectivity index (χ4v) is 2.52. The van der Waals surface area contributed by atoms with Crippen LogP contribution in [0.3, 0.4) is 0 Å². The maximum atomic E-state index is 12.5. The van der Waals surface area contributed by atoms with E-state index in [9.17, 15) is 4.79 Å². The molecule has 0 saturated carbocycles. The van der Waals surface area contributed by atoms with Crippen LogP contribution in [0, 0.1) is 0 Å². The van der Waals surface area contributed by atoms with E-state index < -0.39 is 0 Å². The number of hydrogen-bond donors (Lipinski definition) is 0. The van der Waals surface area contributed by atoms with Gasteiger partial charge < -0.3 is 14.4 Å². The summed E-state index contributed by atoms with van der Waals surface area (Å²) in [5.41, 5.74) is 1.84. The lowest BCUT2D eigenvalue weighted by Crippen LogP contribution is -2.38. The van der Waals surface area contributed by atoms with Crippen LogP contribution >= 0.6 is 0 Å². The number of anilines is 1. The lowest BCUT2D eigenvalue weighted by Gasteiger charge is -2.30. The maximum absolute atomic E-state index is 12.5. The molecular formula is C17H18N2O3. The van der Waals surface area contributed by atoms with E-state index in [0.717, 1.165) is 17.0 Å². The third-order valence-corrected chi connectivity index (χ3v) is 3.68. The highest BCUT2D eigenvalue weighted by atomic mass is 16.5. The quantitative estimate of drug-likeness (QED) is 0.870. The maximum Gasteiger partial charge on any atom is 0.227 e. The average Bonchev–Trinajstić information content (AvgIpc) is 2.59. The van der Waals surface area contributed by atoms with E-state index in [2.05, 4.69) is 4.98 Å². The van der Waals surface area contributed by atoms with E-state index in [4.69, 9.17) is 9.47 Å². The number of amides is 1. The number of nitrogens with zero attached hydrogens (tertiary/aromatic N) is 2. The van der Waals surface area contributed by atoms with Crippen LogP contribution in [0.25, 0.3) is 0 Å². The summed E-state index contributed by atoms with van der Waals surface area (Å²) in [4.78, 5) is 18.4. The van der Waals surface area contributed by atoms with E-state index >= 15 is 0 Å². The highest BCUT2D eigenvalue weighted by molar-refractivity contribution is 5.95. The van der Waals surface area contributed by atoms with Gasteiger partial charge in [-0.1, -0.05) is 6.07 Å². The van der Waals surface area contributed by atoms with Crippen molar-refractivity contribution < 1.29 is 14.3 Å². The molecule has 114 valence electrons. The van der Waals surface area contributed by atoms with Crippen molar-refractivity contribution in [2.45, 2.75) is 12.8 Å². The number of hydrogen-bond acceptors (Lipinski definition) is 4. The summed E-state index contributed by atoms with van der Waals surface area (Å²) in [5.74, 6) is 1.53. The van der Waals surface area contributed by atoms with E-state index in [1.165, 1.54) is 0 Å². The second kappa shape index (κ2) is 6.47.